The molecule has 3 heterocycles. The van der Waals surface area contributed by atoms with E-state index < -0.39 is 5.79 Å². The highest BCUT2D eigenvalue weighted by Crippen LogP contribution is 2.62. The lowest BCUT2D eigenvalue weighted by molar-refractivity contribution is -0.755. The van der Waals surface area contributed by atoms with Crippen LogP contribution in [0, 0.1) is 12.3 Å². The first-order chi connectivity index (χ1) is 12.0. The Kier molecular flexibility index (Phi) is 3.78. The quantitative estimate of drug-likeness (QED) is 0.618. The first-order valence-electron chi connectivity index (χ1n) is 9.37. The number of aryl methyl sites for hydroxylation is 1. The van der Waals surface area contributed by atoms with Gasteiger partial charge in [-0.1, -0.05) is 24.3 Å². The van der Waals surface area contributed by atoms with Crippen LogP contribution in [0.3, 0.4) is 0 Å². The summed E-state index contributed by atoms with van der Waals surface area (Å²) in [5.74, 6) is -0.577. The summed E-state index contributed by atoms with van der Waals surface area (Å²) in [6.45, 7) is 12.2. The van der Waals surface area contributed by atoms with Gasteiger partial charge in [0.25, 0.3) is 0 Å². The van der Waals surface area contributed by atoms with Gasteiger partial charge in [-0.3, -0.25) is 0 Å². The van der Waals surface area contributed by atoms with Crippen molar-refractivity contribution < 1.29 is 14.0 Å². The molecule has 2 aliphatic heterocycles. The van der Waals surface area contributed by atoms with Crippen molar-refractivity contribution in [3.63, 3.8) is 0 Å². The van der Waals surface area contributed by atoms with Crippen LogP contribution in [-0.2, 0) is 9.47 Å². The molecule has 3 aliphatic rings. The second-order valence-electron chi connectivity index (χ2n) is 7.70. The van der Waals surface area contributed by atoms with Gasteiger partial charge in [0.2, 0.25) is 0 Å². The third-order valence-corrected chi connectivity index (χ3v) is 6.12. The van der Waals surface area contributed by atoms with Crippen molar-refractivity contribution in [1.82, 2.24) is 0 Å². The van der Waals surface area contributed by atoms with Crippen molar-refractivity contribution in [3.8, 4) is 0 Å². The van der Waals surface area contributed by atoms with Crippen LogP contribution in [0.15, 0.2) is 42.6 Å². The van der Waals surface area contributed by atoms with Crippen molar-refractivity contribution in [2.75, 3.05) is 13.2 Å². The fraction of sp³-hybridized carbons (Fsp3) is 0.500. The first kappa shape index (κ1) is 16.7. The summed E-state index contributed by atoms with van der Waals surface area (Å²) in [4.78, 5) is 0. The van der Waals surface area contributed by atoms with Crippen LogP contribution in [0.5, 0.6) is 0 Å². The Morgan fingerprint density at radius 3 is 2.40 bits per heavy atom. The third kappa shape index (κ3) is 1.97. The zero-order chi connectivity index (χ0) is 17.8. The highest BCUT2D eigenvalue weighted by molar-refractivity contribution is 5.49. The number of nitrogens with zero attached hydrogens (tertiary/aromatic N) is 1. The molecule has 2 unspecified atom stereocenters. The Bertz CT molecular complexity index is 805. The fourth-order valence-electron chi connectivity index (χ4n) is 5.26. The Labute approximate surface area is 150 Å². The number of aromatic nitrogens is 1. The third-order valence-electron chi connectivity index (χ3n) is 6.12. The van der Waals surface area contributed by atoms with Crippen molar-refractivity contribution in [2.45, 2.75) is 52.4 Å². The van der Waals surface area contributed by atoms with Gasteiger partial charge in [-0.2, -0.15) is 4.57 Å². The number of hydrogen-bond donors (Lipinski definition) is 0. The maximum absolute atomic E-state index is 6.48. The molecule has 1 aromatic carbocycles. The molecule has 3 nitrogen and oxygen atoms in total. The van der Waals surface area contributed by atoms with Gasteiger partial charge < -0.3 is 9.47 Å². The molecule has 1 aromatic heterocycles. The molecule has 25 heavy (non-hydrogen) atoms. The summed E-state index contributed by atoms with van der Waals surface area (Å²) < 4.78 is 15.4. The number of benzene rings is 1. The number of hydrogen-bond acceptors (Lipinski definition) is 2. The van der Waals surface area contributed by atoms with Gasteiger partial charge in [-0.05, 0) is 45.7 Å². The van der Waals surface area contributed by atoms with Gasteiger partial charge in [0.05, 0.1) is 5.41 Å². The Morgan fingerprint density at radius 2 is 1.72 bits per heavy atom. The van der Waals surface area contributed by atoms with Gasteiger partial charge >= 0.3 is 0 Å². The summed E-state index contributed by atoms with van der Waals surface area (Å²) in [6.07, 6.45) is 2.21. The topological polar surface area (TPSA) is 22.3 Å². The maximum Gasteiger partial charge on any atom is 0.196 e. The number of fused-ring (bicyclic) bond motifs is 1. The zero-order valence-corrected chi connectivity index (χ0v) is 15.9. The molecule has 132 valence electrons. The molecule has 1 aliphatic carbocycles. The van der Waals surface area contributed by atoms with Crippen LogP contribution in [-0.4, -0.2) is 19.0 Å². The molecular formula is C22H28NO2+. The Morgan fingerprint density at radius 1 is 1.00 bits per heavy atom. The molecule has 3 heteroatoms. The zero-order valence-electron chi connectivity index (χ0n) is 15.9. The van der Waals surface area contributed by atoms with Gasteiger partial charge in [0.15, 0.2) is 23.7 Å². The highest BCUT2D eigenvalue weighted by Gasteiger charge is 2.70. The van der Waals surface area contributed by atoms with E-state index in [0.717, 1.165) is 0 Å². The molecule has 0 saturated carbocycles. The van der Waals surface area contributed by atoms with Crippen LogP contribution in [0.2, 0.25) is 0 Å². The summed E-state index contributed by atoms with van der Waals surface area (Å²) in [7, 11) is 0. The van der Waals surface area contributed by atoms with E-state index >= 15 is 0 Å². The maximum atomic E-state index is 6.48. The van der Waals surface area contributed by atoms with Gasteiger partial charge in [0.1, 0.15) is 5.92 Å². The second-order valence-corrected chi connectivity index (χ2v) is 7.70. The number of pyridine rings is 1. The van der Waals surface area contributed by atoms with Crippen molar-refractivity contribution in [3.05, 3.63) is 65.0 Å². The minimum absolute atomic E-state index is 0.0727. The van der Waals surface area contributed by atoms with E-state index in [1.54, 1.807) is 0 Å². The van der Waals surface area contributed by atoms with Crippen molar-refractivity contribution in [2.24, 2.45) is 5.41 Å². The van der Waals surface area contributed by atoms with Crippen LogP contribution in [0.25, 0.3) is 0 Å². The predicted octanol–water partition coefficient (Wildman–Crippen LogP) is 4.13. The Hall–Kier alpha value is -1.71. The van der Waals surface area contributed by atoms with E-state index in [0.29, 0.717) is 13.2 Å². The van der Waals surface area contributed by atoms with Gasteiger partial charge in [-0.15, -0.1) is 0 Å². The number of rotatable bonds is 4. The minimum atomic E-state index is -0.649. The largest absolute Gasteiger partial charge is 0.348 e. The van der Waals surface area contributed by atoms with Gasteiger partial charge in [0, 0.05) is 30.9 Å². The summed E-state index contributed by atoms with van der Waals surface area (Å²) in [5, 5.41) is 0. The SMILES string of the molecule is CCOC1(OCC)C2c3cccc(C)c3C([n+]3ccccc32)C1(C)C. The van der Waals surface area contributed by atoms with Crippen LogP contribution in [0.4, 0.5) is 0 Å². The second kappa shape index (κ2) is 5.65. The molecule has 0 amide bonds. The average Bonchev–Trinajstić information content (AvgIpc) is 2.58. The lowest BCUT2D eigenvalue weighted by atomic mass is 9.56. The normalized spacial score (nSPS) is 24.7. The number of ether oxygens (including phenoxy) is 2. The molecule has 0 N–H and O–H groups in total. The molecular weight excluding hydrogens is 310 g/mol. The molecule has 0 saturated heterocycles. The van der Waals surface area contributed by atoms with E-state index in [1.807, 2.05) is 0 Å². The van der Waals surface area contributed by atoms with Crippen LogP contribution >= 0.6 is 0 Å². The molecule has 2 atom stereocenters. The molecule has 0 radical (unpaired) electrons. The standard InChI is InChI=1S/C22H28NO2/c1-6-24-22(25-7-2)19-16-12-10-11-15(3)18(16)20(21(22,4)5)23-14-9-8-13-17(19)23/h8-14,19-20H,6-7H2,1-5H3/q+1. The van der Waals surface area contributed by atoms with E-state index in [1.165, 1.54) is 22.4 Å². The summed E-state index contributed by atoms with van der Waals surface area (Å²) >= 11 is 0. The van der Waals surface area contributed by atoms with Crippen molar-refractivity contribution >= 4 is 0 Å². The first-order valence-corrected chi connectivity index (χ1v) is 9.37. The summed E-state index contributed by atoms with van der Waals surface area (Å²) in [6, 6.07) is 13.3. The van der Waals surface area contributed by atoms with E-state index in [-0.39, 0.29) is 17.4 Å². The minimum Gasteiger partial charge on any atom is -0.348 e. The van der Waals surface area contributed by atoms with Crippen LogP contribution < -0.4 is 4.57 Å². The molecule has 2 bridgehead atoms. The predicted molar refractivity (Wildman–Crippen MR) is 97.6 cm³/mol. The van der Waals surface area contributed by atoms with E-state index in [9.17, 15) is 0 Å². The molecule has 5 rings (SSSR count). The monoisotopic (exact) mass is 338 g/mol. The highest BCUT2D eigenvalue weighted by atomic mass is 16.7. The molecule has 2 aromatic rings. The summed E-state index contributed by atoms with van der Waals surface area (Å²) in [5.41, 5.74) is 5.24. The lowest BCUT2D eigenvalue weighted by Gasteiger charge is -2.57. The average molecular weight is 338 g/mol. The fourth-order valence-corrected chi connectivity index (χ4v) is 5.26. The molecule has 0 fully saturated rings. The van der Waals surface area contributed by atoms with Gasteiger partial charge in [-0.25, -0.2) is 0 Å². The Balaban J connectivity index is 2.10. The lowest BCUT2D eigenvalue weighted by Crippen LogP contribution is -2.72. The van der Waals surface area contributed by atoms with Crippen molar-refractivity contribution in [1.29, 1.82) is 0 Å². The molecule has 0 spiro atoms. The van der Waals surface area contributed by atoms with E-state index in [4.69, 9.17) is 9.47 Å². The van der Waals surface area contributed by atoms with Crippen LogP contribution in [0.1, 0.15) is 62.0 Å². The smallest absolute Gasteiger partial charge is 0.196 e. The van der Waals surface area contributed by atoms with E-state index in [2.05, 4.69) is 81.8 Å².